The summed E-state index contributed by atoms with van der Waals surface area (Å²) in [5.41, 5.74) is -0.710. The first-order valence-corrected chi connectivity index (χ1v) is 8.90. The Bertz CT molecular complexity index is 871. The van der Waals surface area contributed by atoms with Crippen LogP contribution >= 0.6 is 0 Å². The number of hydrogen-bond acceptors (Lipinski definition) is 4. The molecule has 0 N–H and O–H groups in total. The van der Waals surface area contributed by atoms with E-state index in [4.69, 9.17) is 14.5 Å². The van der Waals surface area contributed by atoms with Gasteiger partial charge in [-0.2, -0.15) is 0 Å². The molecule has 0 aliphatic carbocycles. The third-order valence-electron chi connectivity index (χ3n) is 4.25. The van der Waals surface area contributed by atoms with Crippen LogP contribution in [0.15, 0.2) is 59.6 Å². The van der Waals surface area contributed by atoms with Gasteiger partial charge in [-0.25, -0.2) is 9.79 Å². The largest absolute Gasteiger partial charge is 0.474 e. The molecule has 3 rings (SSSR count). The van der Waals surface area contributed by atoms with E-state index in [1.165, 1.54) is 0 Å². The number of fused-ring (bicyclic) bond motifs is 1. The van der Waals surface area contributed by atoms with Crippen molar-refractivity contribution in [2.45, 2.75) is 45.3 Å². The highest BCUT2D eigenvalue weighted by Gasteiger charge is 2.46. The van der Waals surface area contributed by atoms with Crippen molar-refractivity contribution >= 4 is 22.6 Å². The zero-order valence-corrected chi connectivity index (χ0v) is 15.8. The molecule has 1 aliphatic rings. The van der Waals surface area contributed by atoms with E-state index in [-0.39, 0.29) is 12.6 Å². The van der Waals surface area contributed by atoms with Gasteiger partial charge in [0, 0.05) is 12.0 Å². The first kappa shape index (κ1) is 18.2. The van der Waals surface area contributed by atoms with Crippen LogP contribution in [0.3, 0.4) is 0 Å². The molecule has 1 aliphatic heterocycles. The average Bonchev–Trinajstić information content (AvgIpc) is 3.04. The molecule has 0 fully saturated rings. The lowest BCUT2D eigenvalue weighted by atomic mass is 9.96. The molecule has 1 heterocycles. The summed E-state index contributed by atoms with van der Waals surface area (Å²) >= 11 is 0. The predicted molar refractivity (Wildman–Crippen MR) is 104 cm³/mol. The van der Waals surface area contributed by atoms with Crippen molar-refractivity contribution in [2.75, 3.05) is 6.61 Å². The highest BCUT2D eigenvalue weighted by molar-refractivity contribution is 6.09. The molecule has 0 unspecified atom stereocenters. The fraction of sp³-hybridized carbons (Fsp3) is 0.364. The van der Waals surface area contributed by atoms with E-state index in [0.717, 1.165) is 16.3 Å². The van der Waals surface area contributed by atoms with Crippen LogP contribution in [0.4, 0.5) is 0 Å². The molecule has 0 saturated heterocycles. The predicted octanol–water partition coefficient (Wildman–Crippen LogP) is 4.66. The minimum absolute atomic E-state index is 0.185. The van der Waals surface area contributed by atoms with E-state index < -0.39 is 11.1 Å². The number of ether oxygens (including phenoxy) is 2. The number of nitrogens with zero attached hydrogens (tertiary/aromatic N) is 1. The summed E-state index contributed by atoms with van der Waals surface area (Å²) in [4.78, 5) is 17.6. The van der Waals surface area contributed by atoms with Crippen molar-refractivity contribution < 1.29 is 14.3 Å². The number of esters is 1. The molecule has 0 aromatic heterocycles. The van der Waals surface area contributed by atoms with E-state index >= 15 is 0 Å². The fourth-order valence-corrected chi connectivity index (χ4v) is 2.97. The Balaban J connectivity index is 2.03. The van der Waals surface area contributed by atoms with Gasteiger partial charge in [0.15, 0.2) is 5.54 Å². The molecule has 4 nitrogen and oxygen atoms in total. The molecule has 0 saturated carbocycles. The topological polar surface area (TPSA) is 47.9 Å². The monoisotopic (exact) mass is 351 g/mol. The van der Waals surface area contributed by atoms with Crippen LogP contribution in [0.25, 0.3) is 10.8 Å². The molecule has 2 aromatic carbocycles. The maximum atomic E-state index is 12.9. The molecule has 0 radical (unpaired) electrons. The van der Waals surface area contributed by atoms with Crippen LogP contribution < -0.4 is 0 Å². The minimum atomic E-state index is -1.04. The van der Waals surface area contributed by atoms with Crippen molar-refractivity contribution in [3.05, 3.63) is 60.2 Å². The summed E-state index contributed by atoms with van der Waals surface area (Å²) in [5, 5.41) is 2.17. The third-order valence-corrected chi connectivity index (χ3v) is 4.25. The maximum absolute atomic E-state index is 12.9. The summed E-state index contributed by atoms with van der Waals surface area (Å²) < 4.78 is 11.5. The maximum Gasteiger partial charge on any atom is 0.338 e. The Labute approximate surface area is 154 Å². The number of hydrogen-bond donors (Lipinski definition) is 0. The van der Waals surface area contributed by atoms with Gasteiger partial charge < -0.3 is 9.47 Å². The lowest BCUT2D eigenvalue weighted by Gasteiger charge is -2.27. The van der Waals surface area contributed by atoms with E-state index in [9.17, 15) is 4.79 Å². The molecule has 1 atom stereocenters. The van der Waals surface area contributed by atoms with Crippen molar-refractivity contribution in [3.8, 4) is 0 Å². The zero-order valence-electron chi connectivity index (χ0n) is 15.8. The average molecular weight is 351 g/mol. The van der Waals surface area contributed by atoms with Crippen LogP contribution in [-0.2, 0) is 14.3 Å². The fourth-order valence-electron chi connectivity index (χ4n) is 2.97. The number of allylic oxidation sites excluding steroid dienone is 1. The standard InChI is InChI=1S/C22H25NO3/c1-5-6-14-22(20(24)26-21(2,3)4)15-25-19(23-22)18-13-9-11-16-10-7-8-12-17(16)18/h5-13H,14-15H2,1-4H3/t22-/m1/s1. The second-order valence-electron chi connectivity index (χ2n) is 7.54. The SMILES string of the molecule is CC=CC[C@]1(C(=O)OC(C)(C)C)COC(c2cccc3ccccc23)=N1. The van der Waals surface area contributed by atoms with E-state index in [0.29, 0.717) is 12.3 Å². The molecule has 2 aromatic rings. The first-order valence-electron chi connectivity index (χ1n) is 8.90. The van der Waals surface area contributed by atoms with Gasteiger partial charge >= 0.3 is 5.97 Å². The Kier molecular flexibility index (Phi) is 4.86. The summed E-state index contributed by atoms with van der Waals surface area (Å²) in [5.74, 6) is 0.149. The highest BCUT2D eigenvalue weighted by atomic mass is 16.6. The van der Waals surface area contributed by atoms with Gasteiger partial charge in [-0.05, 0) is 44.5 Å². The Morgan fingerprint density at radius 3 is 2.69 bits per heavy atom. The highest BCUT2D eigenvalue weighted by Crippen LogP contribution is 2.31. The van der Waals surface area contributed by atoms with Gasteiger partial charge in [0.2, 0.25) is 5.90 Å². The smallest absolute Gasteiger partial charge is 0.338 e. The van der Waals surface area contributed by atoms with Gasteiger partial charge in [-0.1, -0.05) is 48.6 Å². The van der Waals surface area contributed by atoms with Gasteiger partial charge in [0.05, 0.1) is 0 Å². The summed E-state index contributed by atoms with van der Waals surface area (Å²) in [7, 11) is 0. The zero-order chi connectivity index (χ0) is 18.8. The van der Waals surface area contributed by atoms with Crippen molar-refractivity contribution in [1.29, 1.82) is 0 Å². The summed E-state index contributed by atoms with van der Waals surface area (Å²) in [6, 6.07) is 14.1. The van der Waals surface area contributed by atoms with Gasteiger partial charge in [0.25, 0.3) is 0 Å². The normalized spacial score (nSPS) is 20.2. The van der Waals surface area contributed by atoms with Crippen LogP contribution in [-0.4, -0.2) is 29.6 Å². The van der Waals surface area contributed by atoms with Gasteiger partial charge in [-0.15, -0.1) is 0 Å². The van der Waals surface area contributed by atoms with E-state index in [1.54, 1.807) is 0 Å². The number of rotatable bonds is 4. The molecular weight excluding hydrogens is 326 g/mol. The lowest BCUT2D eigenvalue weighted by molar-refractivity contribution is -0.161. The van der Waals surface area contributed by atoms with E-state index in [2.05, 4.69) is 12.1 Å². The Hall–Kier alpha value is -2.62. The van der Waals surface area contributed by atoms with Crippen molar-refractivity contribution in [1.82, 2.24) is 0 Å². The van der Waals surface area contributed by atoms with Gasteiger partial charge in [0.1, 0.15) is 12.2 Å². The van der Waals surface area contributed by atoms with E-state index in [1.807, 2.05) is 70.2 Å². The molecule has 0 spiro atoms. The van der Waals surface area contributed by atoms with Crippen LogP contribution in [0.2, 0.25) is 0 Å². The Morgan fingerprint density at radius 2 is 1.96 bits per heavy atom. The second kappa shape index (κ2) is 6.94. The Morgan fingerprint density at radius 1 is 1.23 bits per heavy atom. The first-order chi connectivity index (χ1) is 12.3. The number of carbonyl (C=O) groups excluding carboxylic acids is 1. The molecule has 0 amide bonds. The molecule has 136 valence electrons. The van der Waals surface area contributed by atoms with Gasteiger partial charge in [-0.3, -0.25) is 0 Å². The van der Waals surface area contributed by atoms with Crippen molar-refractivity contribution in [3.63, 3.8) is 0 Å². The molecule has 4 heteroatoms. The summed E-state index contributed by atoms with van der Waals surface area (Å²) in [6.07, 6.45) is 4.30. The quantitative estimate of drug-likeness (QED) is 0.594. The molecule has 0 bridgehead atoms. The van der Waals surface area contributed by atoms with Crippen LogP contribution in [0, 0.1) is 0 Å². The number of carbonyl (C=O) groups is 1. The number of benzene rings is 2. The number of aliphatic imine (C=N–C) groups is 1. The second-order valence-corrected chi connectivity index (χ2v) is 7.54. The van der Waals surface area contributed by atoms with Crippen LogP contribution in [0.1, 0.15) is 39.7 Å². The minimum Gasteiger partial charge on any atom is -0.474 e. The molecular formula is C22H25NO3. The summed E-state index contributed by atoms with van der Waals surface area (Å²) in [6.45, 7) is 7.69. The molecule has 26 heavy (non-hydrogen) atoms. The third kappa shape index (κ3) is 3.64. The van der Waals surface area contributed by atoms with Crippen molar-refractivity contribution in [2.24, 2.45) is 4.99 Å². The lowest BCUT2D eigenvalue weighted by Crippen LogP contribution is -2.43. The van der Waals surface area contributed by atoms with Crippen LogP contribution in [0.5, 0.6) is 0 Å².